The Balaban J connectivity index is 1.60. The zero-order chi connectivity index (χ0) is 13.2. The van der Waals surface area contributed by atoms with Gasteiger partial charge in [-0.3, -0.25) is 0 Å². The van der Waals surface area contributed by atoms with Crippen LogP contribution in [0.25, 0.3) is 0 Å². The number of nitrogens with one attached hydrogen (secondary N) is 1. The molecule has 19 heavy (non-hydrogen) atoms. The summed E-state index contributed by atoms with van der Waals surface area (Å²) in [5, 5.41) is 4.66. The summed E-state index contributed by atoms with van der Waals surface area (Å²) in [5.74, 6) is 1.68. The zero-order valence-electron chi connectivity index (χ0n) is 11.8. The summed E-state index contributed by atoms with van der Waals surface area (Å²) in [6.07, 6.45) is 8.11. The molecule has 2 fully saturated rings. The van der Waals surface area contributed by atoms with Gasteiger partial charge in [-0.05, 0) is 74.6 Å². The van der Waals surface area contributed by atoms with Gasteiger partial charge in [0.05, 0.1) is 0 Å². The van der Waals surface area contributed by atoms with E-state index < -0.39 is 0 Å². The van der Waals surface area contributed by atoms with Crippen molar-refractivity contribution < 1.29 is 0 Å². The van der Waals surface area contributed by atoms with Gasteiger partial charge in [0, 0.05) is 11.1 Å². The van der Waals surface area contributed by atoms with Crippen molar-refractivity contribution in [2.45, 2.75) is 51.5 Å². The molecular weight excluding hydrogens is 254 g/mol. The van der Waals surface area contributed by atoms with Crippen molar-refractivity contribution >= 4 is 11.6 Å². The second kappa shape index (κ2) is 5.85. The molecule has 0 aromatic heterocycles. The molecule has 0 amide bonds. The Morgan fingerprint density at radius 1 is 1.16 bits per heavy atom. The van der Waals surface area contributed by atoms with Crippen LogP contribution in [0.1, 0.15) is 43.2 Å². The minimum absolute atomic E-state index is 0.825. The molecule has 1 nitrogen and oxygen atoms in total. The maximum Gasteiger partial charge on any atom is 0.0440 e. The molecular formula is C17H24ClN. The average molecular weight is 278 g/mol. The van der Waals surface area contributed by atoms with E-state index in [4.69, 9.17) is 11.6 Å². The van der Waals surface area contributed by atoms with E-state index in [1.54, 1.807) is 0 Å². The van der Waals surface area contributed by atoms with Gasteiger partial charge < -0.3 is 5.32 Å². The van der Waals surface area contributed by atoms with E-state index in [9.17, 15) is 0 Å². The van der Waals surface area contributed by atoms with Crippen molar-refractivity contribution in [3.63, 3.8) is 0 Å². The van der Waals surface area contributed by atoms with E-state index >= 15 is 0 Å². The first-order chi connectivity index (χ1) is 9.22. The Labute approximate surface area is 121 Å². The summed E-state index contributed by atoms with van der Waals surface area (Å²) in [6.45, 7) is 3.33. The van der Waals surface area contributed by atoms with Crippen molar-refractivity contribution in [1.82, 2.24) is 5.32 Å². The Bertz CT molecular complexity index is 439. The Morgan fingerprint density at radius 3 is 2.68 bits per heavy atom. The molecule has 0 saturated heterocycles. The summed E-state index contributed by atoms with van der Waals surface area (Å²) in [4.78, 5) is 0. The van der Waals surface area contributed by atoms with Gasteiger partial charge in [-0.2, -0.15) is 0 Å². The maximum atomic E-state index is 6.38. The normalized spacial score (nSPS) is 26.8. The van der Waals surface area contributed by atoms with Crippen LogP contribution in [0.2, 0.25) is 5.02 Å². The topological polar surface area (TPSA) is 12.0 Å². The van der Waals surface area contributed by atoms with E-state index in [1.165, 1.54) is 49.8 Å². The quantitative estimate of drug-likeness (QED) is 0.843. The number of hydrogen-bond donors (Lipinski definition) is 1. The van der Waals surface area contributed by atoms with Crippen LogP contribution in [-0.4, -0.2) is 12.6 Å². The molecule has 1 N–H and O–H groups in total. The Kier molecular flexibility index (Phi) is 4.14. The summed E-state index contributed by atoms with van der Waals surface area (Å²) >= 11 is 6.38. The maximum absolute atomic E-state index is 6.38. The van der Waals surface area contributed by atoms with E-state index in [2.05, 4.69) is 30.4 Å². The number of aryl methyl sites for hydroxylation is 1. The summed E-state index contributed by atoms with van der Waals surface area (Å²) < 4.78 is 0. The van der Waals surface area contributed by atoms with Crippen LogP contribution in [-0.2, 0) is 6.42 Å². The minimum atomic E-state index is 0.825. The second-order valence-electron chi connectivity index (χ2n) is 6.43. The number of rotatable bonds is 5. The van der Waals surface area contributed by atoms with Crippen LogP contribution in [0.4, 0.5) is 0 Å². The summed E-state index contributed by atoms with van der Waals surface area (Å²) in [5.41, 5.74) is 2.60. The van der Waals surface area contributed by atoms with Crippen LogP contribution >= 0.6 is 11.6 Å². The highest BCUT2D eigenvalue weighted by molar-refractivity contribution is 6.31. The lowest BCUT2D eigenvalue weighted by Crippen LogP contribution is -2.27. The number of benzene rings is 1. The third-order valence-corrected chi connectivity index (χ3v) is 5.11. The Hall–Kier alpha value is -0.530. The monoisotopic (exact) mass is 277 g/mol. The highest BCUT2D eigenvalue weighted by Crippen LogP contribution is 2.36. The first-order valence-corrected chi connectivity index (χ1v) is 8.08. The standard InChI is InChI=1S/C17H24ClN/c1-12-5-6-14(17(18)9-12)10-13-3-2-4-15(13)11-19-16-7-8-16/h5-6,9,13,15-16,19H,2-4,7-8,10-11H2,1H3. The van der Waals surface area contributed by atoms with E-state index in [0.29, 0.717) is 0 Å². The van der Waals surface area contributed by atoms with Gasteiger partial charge in [0.15, 0.2) is 0 Å². The van der Waals surface area contributed by atoms with Crippen LogP contribution < -0.4 is 5.32 Å². The molecule has 0 bridgehead atoms. The van der Waals surface area contributed by atoms with Crippen molar-refractivity contribution in [2.24, 2.45) is 11.8 Å². The van der Waals surface area contributed by atoms with Gasteiger partial charge in [0.25, 0.3) is 0 Å². The Morgan fingerprint density at radius 2 is 1.95 bits per heavy atom. The molecule has 2 heteroatoms. The fraction of sp³-hybridized carbons (Fsp3) is 0.647. The molecule has 0 heterocycles. The summed E-state index contributed by atoms with van der Waals surface area (Å²) in [6, 6.07) is 7.35. The van der Waals surface area contributed by atoms with Crippen molar-refractivity contribution in [3.05, 3.63) is 34.3 Å². The number of halogens is 1. The molecule has 0 spiro atoms. The van der Waals surface area contributed by atoms with Gasteiger partial charge in [0.2, 0.25) is 0 Å². The summed E-state index contributed by atoms with van der Waals surface area (Å²) in [7, 11) is 0. The van der Waals surface area contributed by atoms with Crippen molar-refractivity contribution in [2.75, 3.05) is 6.54 Å². The SMILES string of the molecule is Cc1ccc(CC2CCCC2CNC2CC2)c(Cl)c1. The van der Waals surface area contributed by atoms with Crippen LogP contribution in [0, 0.1) is 18.8 Å². The minimum Gasteiger partial charge on any atom is -0.314 e. The highest BCUT2D eigenvalue weighted by atomic mass is 35.5. The molecule has 1 aromatic carbocycles. The van der Waals surface area contributed by atoms with E-state index in [-0.39, 0.29) is 0 Å². The third kappa shape index (κ3) is 3.52. The molecule has 1 aromatic rings. The molecule has 0 radical (unpaired) electrons. The van der Waals surface area contributed by atoms with Crippen LogP contribution in [0.5, 0.6) is 0 Å². The molecule has 3 rings (SSSR count). The van der Waals surface area contributed by atoms with Crippen LogP contribution in [0.3, 0.4) is 0 Å². The zero-order valence-corrected chi connectivity index (χ0v) is 12.5. The van der Waals surface area contributed by atoms with Gasteiger partial charge in [-0.15, -0.1) is 0 Å². The first kappa shape index (κ1) is 13.5. The van der Waals surface area contributed by atoms with Gasteiger partial charge in [-0.25, -0.2) is 0 Å². The lowest BCUT2D eigenvalue weighted by Gasteiger charge is -2.21. The predicted octanol–water partition coefficient (Wildman–Crippen LogP) is 4.36. The van der Waals surface area contributed by atoms with E-state index in [0.717, 1.165) is 29.3 Å². The lowest BCUT2D eigenvalue weighted by molar-refractivity contribution is 0.364. The number of hydrogen-bond acceptors (Lipinski definition) is 1. The molecule has 2 aliphatic rings. The first-order valence-electron chi connectivity index (χ1n) is 7.71. The molecule has 104 valence electrons. The predicted molar refractivity (Wildman–Crippen MR) is 81.7 cm³/mol. The van der Waals surface area contributed by atoms with Gasteiger partial charge in [0.1, 0.15) is 0 Å². The lowest BCUT2D eigenvalue weighted by atomic mass is 9.89. The smallest absolute Gasteiger partial charge is 0.0440 e. The average Bonchev–Trinajstić information content (AvgIpc) is 3.11. The fourth-order valence-corrected chi connectivity index (χ4v) is 3.67. The van der Waals surface area contributed by atoms with Crippen molar-refractivity contribution in [3.8, 4) is 0 Å². The molecule has 2 aliphatic carbocycles. The second-order valence-corrected chi connectivity index (χ2v) is 6.84. The van der Waals surface area contributed by atoms with Gasteiger partial charge in [-0.1, -0.05) is 30.2 Å². The van der Waals surface area contributed by atoms with Gasteiger partial charge >= 0.3 is 0 Å². The third-order valence-electron chi connectivity index (χ3n) is 4.75. The fourth-order valence-electron chi connectivity index (χ4n) is 3.36. The van der Waals surface area contributed by atoms with Crippen LogP contribution in [0.15, 0.2) is 18.2 Å². The molecule has 2 saturated carbocycles. The van der Waals surface area contributed by atoms with E-state index in [1.807, 2.05) is 0 Å². The highest BCUT2D eigenvalue weighted by Gasteiger charge is 2.29. The molecule has 2 atom stereocenters. The molecule has 0 aliphatic heterocycles. The largest absolute Gasteiger partial charge is 0.314 e. The van der Waals surface area contributed by atoms with Crippen molar-refractivity contribution in [1.29, 1.82) is 0 Å². The molecule has 2 unspecified atom stereocenters.